The Labute approximate surface area is 175 Å². The number of thiazole rings is 1. The first-order chi connectivity index (χ1) is 14.1. The maximum Gasteiger partial charge on any atom is 0.263 e. The van der Waals surface area contributed by atoms with Crippen LogP contribution in [0.5, 0.6) is 11.5 Å². The number of ether oxygens (including phenoxy) is 2. The summed E-state index contributed by atoms with van der Waals surface area (Å²) in [5.74, 6) is 1.51. The molecule has 0 aliphatic carbocycles. The summed E-state index contributed by atoms with van der Waals surface area (Å²) in [6, 6.07) is 15.9. The maximum atomic E-state index is 12.8. The molecule has 0 saturated heterocycles. The standard InChI is InChI=1S/C23H26N2O3S/c1-5-16(17-9-7-6-8-10-17)14-24-22(26)21-15(2)25-23(29-21)18-11-12-19(27-3)20(13-18)28-4/h6-13,16H,5,14H2,1-4H3,(H,24,26). The molecule has 1 aromatic heterocycles. The average molecular weight is 411 g/mol. The van der Waals surface area contributed by atoms with E-state index in [0.717, 1.165) is 22.7 Å². The van der Waals surface area contributed by atoms with Crippen molar-refractivity contribution in [1.82, 2.24) is 10.3 Å². The Bertz CT molecular complexity index is 970. The van der Waals surface area contributed by atoms with Crippen LogP contribution in [0.25, 0.3) is 10.6 Å². The van der Waals surface area contributed by atoms with Crippen LogP contribution in [0.15, 0.2) is 48.5 Å². The molecule has 0 radical (unpaired) electrons. The molecule has 1 N–H and O–H groups in total. The molecule has 1 atom stereocenters. The molecule has 0 aliphatic rings. The summed E-state index contributed by atoms with van der Waals surface area (Å²) in [4.78, 5) is 18.0. The largest absolute Gasteiger partial charge is 0.493 e. The van der Waals surface area contributed by atoms with E-state index in [1.54, 1.807) is 14.2 Å². The fourth-order valence-electron chi connectivity index (χ4n) is 3.22. The number of aryl methyl sites for hydroxylation is 1. The first-order valence-electron chi connectivity index (χ1n) is 9.60. The van der Waals surface area contributed by atoms with Gasteiger partial charge in [-0.15, -0.1) is 11.3 Å². The van der Waals surface area contributed by atoms with Gasteiger partial charge in [0.2, 0.25) is 0 Å². The molecule has 5 nitrogen and oxygen atoms in total. The molecule has 1 amide bonds. The number of nitrogens with one attached hydrogen (secondary N) is 1. The summed E-state index contributed by atoms with van der Waals surface area (Å²) >= 11 is 1.39. The van der Waals surface area contributed by atoms with Crippen molar-refractivity contribution in [2.45, 2.75) is 26.2 Å². The lowest BCUT2D eigenvalue weighted by atomic mass is 9.96. The third-order valence-electron chi connectivity index (χ3n) is 4.91. The molecule has 1 unspecified atom stereocenters. The third-order valence-corrected chi connectivity index (χ3v) is 6.11. The maximum absolute atomic E-state index is 12.8. The molecule has 6 heteroatoms. The highest BCUT2D eigenvalue weighted by molar-refractivity contribution is 7.17. The van der Waals surface area contributed by atoms with Gasteiger partial charge < -0.3 is 14.8 Å². The zero-order chi connectivity index (χ0) is 20.8. The number of methoxy groups -OCH3 is 2. The van der Waals surface area contributed by atoms with Crippen molar-refractivity contribution in [3.63, 3.8) is 0 Å². The Morgan fingerprint density at radius 1 is 1.10 bits per heavy atom. The predicted octanol–water partition coefficient (Wildman–Crippen LogP) is 5.06. The second kappa shape index (κ2) is 9.56. The minimum absolute atomic E-state index is 0.0823. The molecule has 1 heterocycles. The lowest BCUT2D eigenvalue weighted by Crippen LogP contribution is -2.28. The van der Waals surface area contributed by atoms with Gasteiger partial charge in [-0.25, -0.2) is 4.98 Å². The van der Waals surface area contributed by atoms with Crippen molar-refractivity contribution in [2.24, 2.45) is 0 Å². The molecular formula is C23H26N2O3S. The Morgan fingerprint density at radius 3 is 2.48 bits per heavy atom. The molecule has 0 bridgehead atoms. The van der Waals surface area contributed by atoms with Crippen molar-refractivity contribution < 1.29 is 14.3 Å². The molecule has 0 saturated carbocycles. The van der Waals surface area contributed by atoms with Crippen LogP contribution in [0.3, 0.4) is 0 Å². The summed E-state index contributed by atoms with van der Waals surface area (Å²) in [5.41, 5.74) is 2.86. The zero-order valence-electron chi connectivity index (χ0n) is 17.2. The molecule has 152 valence electrons. The number of carbonyl (C=O) groups excluding carboxylic acids is 1. The van der Waals surface area contributed by atoms with Crippen LogP contribution in [0, 0.1) is 6.92 Å². The Hall–Kier alpha value is -2.86. The number of amides is 1. The topological polar surface area (TPSA) is 60.5 Å². The van der Waals surface area contributed by atoms with E-state index in [2.05, 4.69) is 29.4 Å². The number of rotatable bonds is 8. The minimum atomic E-state index is -0.0823. The average Bonchev–Trinajstić information content (AvgIpc) is 3.16. The molecule has 0 aliphatic heterocycles. The van der Waals surface area contributed by atoms with Crippen molar-refractivity contribution in [3.05, 3.63) is 64.7 Å². The second-order valence-corrected chi connectivity index (χ2v) is 7.73. The van der Waals surface area contributed by atoms with Gasteiger partial charge in [0.1, 0.15) is 9.88 Å². The van der Waals surface area contributed by atoms with Crippen molar-refractivity contribution in [1.29, 1.82) is 0 Å². The predicted molar refractivity (Wildman–Crippen MR) is 117 cm³/mol. The second-order valence-electron chi connectivity index (χ2n) is 6.73. The molecular weight excluding hydrogens is 384 g/mol. The van der Waals surface area contributed by atoms with Gasteiger partial charge >= 0.3 is 0 Å². The smallest absolute Gasteiger partial charge is 0.263 e. The van der Waals surface area contributed by atoms with Crippen LogP contribution in [-0.4, -0.2) is 31.7 Å². The van der Waals surface area contributed by atoms with Gasteiger partial charge in [0, 0.05) is 18.0 Å². The highest BCUT2D eigenvalue weighted by atomic mass is 32.1. The lowest BCUT2D eigenvalue weighted by Gasteiger charge is -2.16. The van der Waals surface area contributed by atoms with Gasteiger partial charge in [0.25, 0.3) is 5.91 Å². The van der Waals surface area contributed by atoms with Crippen LogP contribution in [0.1, 0.15) is 40.2 Å². The number of carbonyl (C=O) groups is 1. The first kappa shape index (κ1) is 20.9. The van der Waals surface area contributed by atoms with Gasteiger partial charge in [0.05, 0.1) is 19.9 Å². The number of hydrogen-bond acceptors (Lipinski definition) is 5. The van der Waals surface area contributed by atoms with Crippen molar-refractivity contribution in [3.8, 4) is 22.1 Å². The fourth-order valence-corrected chi connectivity index (χ4v) is 4.20. The quantitative estimate of drug-likeness (QED) is 0.564. The highest BCUT2D eigenvalue weighted by Crippen LogP contribution is 2.35. The molecule has 3 aromatic rings. The van der Waals surface area contributed by atoms with E-state index in [-0.39, 0.29) is 5.91 Å². The van der Waals surface area contributed by atoms with E-state index in [1.165, 1.54) is 16.9 Å². The Kier molecular flexibility index (Phi) is 6.88. The summed E-state index contributed by atoms with van der Waals surface area (Å²) < 4.78 is 10.7. The zero-order valence-corrected chi connectivity index (χ0v) is 18.0. The Balaban J connectivity index is 1.75. The van der Waals surface area contributed by atoms with E-state index in [4.69, 9.17) is 9.47 Å². The highest BCUT2D eigenvalue weighted by Gasteiger charge is 2.18. The summed E-state index contributed by atoms with van der Waals surface area (Å²) in [6.07, 6.45) is 0.961. The van der Waals surface area contributed by atoms with Crippen molar-refractivity contribution >= 4 is 17.2 Å². The summed E-state index contributed by atoms with van der Waals surface area (Å²) in [5, 5.41) is 3.86. The molecule has 0 spiro atoms. The number of aromatic nitrogens is 1. The van der Waals surface area contributed by atoms with E-state index < -0.39 is 0 Å². The SMILES string of the molecule is CCC(CNC(=O)c1sc(-c2ccc(OC)c(OC)c2)nc1C)c1ccccc1. The Morgan fingerprint density at radius 2 is 1.83 bits per heavy atom. The van der Waals surface area contributed by atoms with Gasteiger partial charge in [0.15, 0.2) is 11.5 Å². The fraction of sp³-hybridized carbons (Fsp3) is 0.304. The van der Waals surface area contributed by atoms with Crippen LogP contribution in [0.4, 0.5) is 0 Å². The summed E-state index contributed by atoms with van der Waals surface area (Å²) in [7, 11) is 3.21. The normalized spacial score (nSPS) is 11.7. The van der Waals surface area contributed by atoms with Gasteiger partial charge in [-0.2, -0.15) is 0 Å². The monoisotopic (exact) mass is 410 g/mol. The minimum Gasteiger partial charge on any atom is -0.493 e. The molecule has 29 heavy (non-hydrogen) atoms. The van der Waals surface area contributed by atoms with Crippen molar-refractivity contribution in [2.75, 3.05) is 20.8 Å². The lowest BCUT2D eigenvalue weighted by molar-refractivity contribution is 0.0954. The number of hydrogen-bond donors (Lipinski definition) is 1. The number of benzene rings is 2. The van der Waals surface area contributed by atoms with Gasteiger partial charge in [-0.3, -0.25) is 4.79 Å². The van der Waals surface area contributed by atoms with Crippen LogP contribution in [-0.2, 0) is 0 Å². The third kappa shape index (κ3) is 4.77. The molecule has 0 fully saturated rings. The van der Waals surface area contributed by atoms with Crippen LogP contribution in [0.2, 0.25) is 0 Å². The van der Waals surface area contributed by atoms with Gasteiger partial charge in [-0.05, 0) is 37.1 Å². The van der Waals surface area contributed by atoms with E-state index in [9.17, 15) is 4.79 Å². The molecule has 3 rings (SSSR count). The van der Waals surface area contributed by atoms with Crippen LogP contribution >= 0.6 is 11.3 Å². The van der Waals surface area contributed by atoms with E-state index >= 15 is 0 Å². The van der Waals surface area contributed by atoms with E-state index in [1.807, 2.05) is 43.3 Å². The summed E-state index contributed by atoms with van der Waals surface area (Å²) in [6.45, 7) is 4.60. The van der Waals surface area contributed by atoms with Crippen LogP contribution < -0.4 is 14.8 Å². The number of nitrogens with zero attached hydrogens (tertiary/aromatic N) is 1. The van der Waals surface area contributed by atoms with Gasteiger partial charge in [-0.1, -0.05) is 37.3 Å². The molecule has 2 aromatic carbocycles. The first-order valence-corrected chi connectivity index (χ1v) is 10.4. The van der Waals surface area contributed by atoms with E-state index in [0.29, 0.717) is 28.8 Å².